The first-order valence-corrected chi connectivity index (χ1v) is 10.1. The summed E-state index contributed by atoms with van der Waals surface area (Å²) in [5.41, 5.74) is 0.872. The number of carbonyl (C=O) groups is 1. The summed E-state index contributed by atoms with van der Waals surface area (Å²) in [5.74, 6) is 0.533. The van der Waals surface area contributed by atoms with Crippen molar-refractivity contribution in [3.63, 3.8) is 0 Å². The Morgan fingerprint density at radius 1 is 1.32 bits per heavy atom. The largest absolute Gasteiger partial charge is 0.490 e. The molecule has 8 heteroatoms. The van der Waals surface area contributed by atoms with Crippen molar-refractivity contribution in [2.24, 2.45) is 0 Å². The molecule has 148 valence electrons. The normalized spacial score (nSPS) is 11.0. The van der Waals surface area contributed by atoms with E-state index in [1.165, 1.54) is 22.2 Å². The van der Waals surface area contributed by atoms with E-state index in [1.54, 1.807) is 24.1 Å². The highest BCUT2D eigenvalue weighted by molar-refractivity contribution is 7.18. The SMILES string of the molecule is Cc1sc2ncn(CCC(=O)N(C)CCOc3ccccc3Cl)c(=O)c2c1C. The van der Waals surface area contributed by atoms with Gasteiger partial charge in [0, 0.05) is 24.9 Å². The zero-order valence-electron chi connectivity index (χ0n) is 16.1. The molecule has 6 nitrogen and oxygen atoms in total. The van der Waals surface area contributed by atoms with Gasteiger partial charge in [0.1, 0.15) is 17.2 Å². The van der Waals surface area contributed by atoms with Crippen molar-refractivity contribution in [3.8, 4) is 5.75 Å². The molecule has 28 heavy (non-hydrogen) atoms. The Labute approximate surface area is 172 Å². The van der Waals surface area contributed by atoms with Crippen molar-refractivity contribution in [1.29, 1.82) is 0 Å². The van der Waals surface area contributed by atoms with E-state index in [0.717, 1.165) is 15.3 Å². The van der Waals surface area contributed by atoms with Crippen LogP contribution in [-0.2, 0) is 11.3 Å². The summed E-state index contributed by atoms with van der Waals surface area (Å²) >= 11 is 7.56. The summed E-state index contributed by atoms with van der Waals surface area (Å²) in [6.45, 7) is 4.98. The van der Waals surface area contributed by atoms with Crippen LogP contribution in [0.3, 0.4) is 0 Å². The van der Waals surface area contributed by atoms with Crippen molar-refractivity contribution in [2.45, 2.75) is 26.8 Å². The number of thiophene rings is 1. The molecule has 0 saturated heterocycles. The van der Waals surface area contributed by atoms with Gasteiger partial charge in [0.05, 0.1) is 23.3 Å². The smallest absolute Gasteiger partial charge is 0.262 e. The molecule has 1 aromatic carbocycles. The topological polar surface area (TPSA) is 64.4 Å². The van der Waals surface area contributed by atoms with Crippen molar-refractivity contribution >= 4 is 39.1 Å². The molecule has 0 saturated carbocycles. The molecular formula is C20H22ClN3O3S. The number of para-hydroxylation sites is 1. The van der Waals surface area contributed by atoms with Crippen molar-refractivity contribution in [2.75, 3.05) is 20.2 Å². The summed E-state index contributed by atoms with van der Waals surface area (Å²) in [6, 6.07) is 7.21. The van der Waals surface area contributed by atoms with E-state index in [2.05, 4.69) is 4.98 Å². The molecule has 0 spiro atoms. The average Bonchev–Trinajstić information content (AvgIpc) is 2.97. The van der Waals surface area contributed by atoms with E-state index in [9.17, 15) is 9.59 Å². The molecule has 0 atom stereocenters. The molecule has 0 radical (unpaired) electrons. The van der Waals surface area contributed by atoms with Crippen LogP contribution < -0.4 is 10.3 Å². The molecule has 0 N–H and O–H groups in total. The van der Waals surface area contributed by atoms with Gasteiger partial charge in [-0.1, -0.05) is 23.7 Å². The lowest BCUT2D eigenvalue weighted by molar-refractivity contribution is -0.130. The summed E-state index contributed by atoms with van der Waals surface area (Å²) in [4.78, 5) is 32.8. The van der Waals surface area contributed by atoms with Crippen LogP contribution in [0.4, 0.5) is 0 Å². The first-order valence-electron chi connectivity index (χ1n) is 8.95. The van der Waals surface area contributed by atoms with Crippen LogP contribution in [0, 0.1) is 13.8 Å². The average molecular weight is 420 g/mol. The molecule has 1 amide bonds. The molecule has 2 heterocycles. The number of likely N-dealkylation sites (N-methyl/N-ethyl adjacent to an activating group) is 1. The van der Waals surface area contributed by atoms with Crippen LogP contribution in [0.25, 0.3) is 10.2 Å². The number of hydrogen-bond acceptors (Lipinski definition) is 5. The van der Waals surface area contributed by atoms with Crippen LogP contribution in [0.5, 0.6) is 5.75 Å². The number of ether oxygens (including phenoxy) is 1. The molecule has 0 fully saturated rings. The minimum absolute atomic E-state index is 0.0621. The van der Waals surface area contributed by atoms with E-state index < -0.39 is 0 Å². The second kappa shape index (κ2) is 8.75. The van der Waals surface area contributed by atoms with Gasteiger partial charge in [0.15, 0.2) is 0 Å². The maximum Gasteiger partial charge on any atom is 0.262 e. The predicted molar refractivity (Wildman–Crippen MR) is 113 cm³/mol. The summed E-state index contributed by atoms with van der Waals surface area (Å²) in [6.07, 6.45) is 1.74. The van der Waals surface area contributed by atoms with Gasteiger partial charge in [0.25, 0.3) is 5.56 Å². The number of halogens is 1. The van der Waals surface area contributed by atoms with E-state index in [4.69, 9.17) is 16.3 Å². The molecule has 2 aromatic heterocycles. The Balaban J connectivity index is 1.55. The number of benzene rings is 1. The van der Waals surface area contributed by atoms with Crippen LogP contribution in [-0.4, -0.2) is 40.6 Å². The highest BCUT2D eigenvalue weighted by atomic mass is 35.5. The van der Waals surface area contributed by atoms with Gasteiger partial charge in [0.2, 0.25) is 5.91 Å². The number of nitrogens with zero attached hydrogens (tertiary/aromatic N) is 3. The lowest BCUT2D eigenvalue weighted by Gasteiger charge is -2.18. The fraction of sp³-hybridized carbons (Fsp3) is 0.350. The Morgan fingerprint density at radius 2 is 2.07 bits per heavy atom. The second-order valence-electron chi connectivity index (χ2n) is 6.55. The lowest BCUT2D eigenvalue weighted by Crippen LogP contribution is -2.32. The number of carbonyl (C=O) groups excluding carboxylic acids is 1. The number of aromatic nitrogens is 2. The Bertz CT molecular complexity index is 1060. The Hall–Kier alpha value is -2.38. The Kier molecular flexibility index (Phi) is 6.36. The van der Waals surface area contributed by atoms with Crippen LogP contribution >= 0.6 is 22.9 Å². The predicted octanol–water partition coefficient (Wildman–Crippen LogP) is 3.66. The van der Waals surface area contributed by atoms with Crippen molar-refractivity contribution in [1.82, 2.24) is 14.5 Å². The third-order valence-electron chi connectivity index (χ3n) is 4.67. The second-order valence-corrected chi connectivity index (χ2v) is 8.16. The zero-order valence-corrected chi connectivity index (χ0v) is 17.6. The quantitative estimate of drug-likeness (QED) is 0.586. The van der Waals surface area contributed by atoms with E-state index >= 15 is 0 Å². The highest BCUT2D eigenvalue weighted by Crippen LogP contribution is 2.25. The highest BCUT2D eigenvalue weighted by Gasteiger charge is 2.14. The number of rotatable bonds is 7. The van der Waals surface area contributed by atoms with Gasteiger partial charge < -0.3 is 9.64 Å². The molecule has 0 aliphatic heterocycles. The van der Waals surface area contributed by atoms with Gasteiger partial charge in [-0.05, 0) is 31.5 Å². The van der Waals surface area contributed by atoms with Crippen molar-refractivity contribution < 1.29 is 9.53 Å². The minimum Gasteiger partial charge on any atom is -0.490 e. The van der Waals surface area contributed by atoms with Gasteiger partial charge in [-0.2, -0.15) is 0 Å². The number of fused-ring (bicyclic) bond motifs is 1. The first kappa shape index (κ1) is 20.4. The summed E-state index contributed by atoms with van der Waals surface area (Å²) < 4.78 is 7.12. The number of amides is 1. The zero-order chi connectivity index (χ0) is 20.3. The minimum atomic E-state index is -0.0932. The van der Waals surface area contributed by atoms with Gasteiger partial charge in [-0.3, -0.25) is 14.2 Å². The monoisotopic (exact) mass is 419 g/mol. The summed E-state index contributed by atoms with van der Waals surface area (Å²) in [7, 11) is 1.72. The molecule has 3 rings (SSSR count). The maximum absolute atomic E-state index is 12.7. The number of aryl methyl sites for hydroxylation is 3. The maximum atomic E-state index is 12.7. The van der Waals surface area contributed by atoms with Gasteiger partial charge >= 0.3 is 0 Å². The van der Waals surface area contributed by atoms with Crippen LogP contribution in [0.2, 0.25) is 5.02 Å². The molecule has 3 aromatic rings. The fourth-order valence-corrected chi connectivity index (χ4v) is 3.99. The Morgan fingerprint density at radius 3 is 2.82 bits per heavy atom. The van der Waals surface area contributed by atoms with Gasteiger partial charge in [-0.15, -0.1) is 11.3 Å². The first-order chi connectivity index (χ1) is 13.4. The van der Waals surface area contributed by atoms with Crippen LogP contribution in [0.15, 0.2) is 35.4 Å². The third-order valence-corrected chi connectivity index (χ3v) is 6.10. The molecule has 0 aliphatic carbocycles. The third kappa shape index (κ3) is 4.36. The molecule has 0 bridgehead atoms. The molecule has 0 aliphatic rings. The number of hydrogen-bond donors (Lipinski definition) is 0. The standard InChI is InChI=1S/C20H22ClN3O3S/c1-13-14(2)28-19-18(13)20(26)24(12-22-19)9-8-17(25)23(3)10-11-27-16-7-5-4-6-15(16)21/h4-7,12H,8-11H2,1-3H3. The van der Waals surface area contributed by atoms with E-state index in [-0.39, 0.29) is 17.9 Å². The fourth-order valence-electron chi connectivity index (χ4n) is 2.82. The van der Waals surface area contributed by atoms with Crippen molar-refractivity contribution in [3.05, 3.63) is 56.4 Å². The van der Waals surface area contributed by atoms with E-state index in [0.29, 0.717) is 35.9 Å². The molecule has 0 unspecified atom stereocenters. The summed E-state index contributed by atoms with van der Waals surface area (Å²) in [5, 5.41) is 1.19. The molecular weight excluding hydrogens is 398 g/mol. The van der Waals surface area contributed by atoms with E-state index in [1.807, 2.05) is 26.0 Å². The van der Waals surface area contributed by atoms with Gasteiger partial charge in [-0.25, -0.2) is 4.98 Å². The lowest BCUT2D eigenvalue weighted by atomic mass is 10.2. The van der Waals surface area contributed by atoms with Crippen LogP contribution in [0.1, 0.15) is 16.9 Å².